The Morgan fingerprint density at radius 3 is 2.48 bits per heavy atom. The number of aryl methyl sites for hydroxylation is 2. The fourth-order valence-corrected chi connectivity index (χ4v) is 2.96. The van der Waals surface area contributed by atoms with Crippen molar-refractivity contribution in [2.24, 2.45) is 5.73 Å². The number of rotatable bonds is 6. The molecule has 1 amide bonds. The average molecular weight is 366 g/mol. The van der Waals surface area contributed by atoms with Crippen LogP contribution in [0.5, 0.6) is 0 Å². The van der Waals surface area contributed by atoms with Crippen molar-refractivity contribution in [2.75, 3.05) is 6.54 Å². The molecule has 0 saturated carbocycles. The van der Waals surface area contributed by atoms with Crippen molar-refractivity contribution in [2.45, 2.75) is 46.1 Å². The molecule has 0 saturated heterocycles. The van der Waals surface area contributed by atoms with Gasteiger partial charge < -0.3 is 11.1 Å². The lowest BCUT2D eigenvalue weighted by Crippen LogP contribution is -2.33. The van der Waals surface area contributed by atoms with E-state index < -0.39 is 0 Å². The molecule has 1 atom stereocenters. The zero-order valence-corrected chi connectivity index (χ0v) is 16.2. The number of carbonyl (C=O) groups is 1. The topological polar surface area (TPSA) is 98.2 Å². The summed E-state index contributed by atoms with van der Waals surface area (Å²) in [5.74, 6) is 1.28. The first-order valence-corrected chi connectivity index (χ1v) is 9.15. The Hall–Kier alpha value is -2.80. The van der Waals surface area contributed by atoms with Gasteiger partial charge in [0, 0.05) is 24.0 Å². The van der Waals surface area contributed by atoms with E-state index in [9.17, 15) is 4.79 Å². The van der Waals surface area contributed by atoms with Crippen LogP contribution in [-0.2, 0) is 11.2 Å². The molecule has 3 aromatic rings. The van der Waals surface area contributed by atoms with E-state index in [0.717, 1.165) is 17.0 Å². The minimum absolute atomic E-state index is 0.0981. The SMILES string of the molecule is Cc1cc(C)n2nc(CC(=O)NCC(N)c3ccc(C(C)C)cc3)nc2n1. The molecular formula is C20H26N6O. The Morgan fingerprint density at radius 1 is 1.15 bits per heavy atom. The first-order valence-electron chi connectivity index (χ1n) is 9.15. The van der Waals surface area contributed by atoms with Gasteiger partial charge in [-0.25, -0.2) is 9.50 Å². The van der Waals surface area contributed by atoms with Crippen molar-refractivity contribution in [3.8, 4) is 0 Å². The molecule has 27 heavy (non-hydrogen) atoms. The van der Waals surface area contributed by atoms with Gasteiger partial charge >= 0.3 is 0 Å². The third-order valence-electron chi connectivity index (χ3n) is 4.53. The highest BCUT2D eigenvalue weighted by Crippen LogP contribution is 2.17. The fourth-order valence-electron chi connectivity index (χ4n) is 2.96. The summed E-state index contributed by atoms with van der Waals surface area (Å²) in [4.78, 5) is 20.9. The second-order valence-corrected chi connectivity index (χ2v) is 7.19. The van der Waals surface area contributed by atoms with Gasteiger partial charge in [-0.15, -0.1) is 5.10 Å². The number of nitrogens with two attached hydrogens (primary N) is 1. The van der Waals surface area contributed by atoms with Crippen molar-refractivity contribution in [1.29, 1.82) is 0 Å². The lowest BCUT2D eigenvalue weighted by atomic mass is 9.99. The number of carbonyl (C=O) groups excluding carboxylic acids is 1. The Labute approximate surface area is 159 Å². The van der Waals surface area contributed by atoms with Gasteiger partial charge in [-0.3, -0.25) is 4.79 Å². The lowest BCUT2D eigenvalue weighted by Gasteiger charge is -2.14. The second-order valence-electron chi connectivity index (χ2n) is 7.19. The highest BCUT2D eigenvalue weighted by Gasteiger charge is 2.13. The normalized spacial score (nSPS) is 12.5. The Morgan fingerprint density at radius 2 is 1.81 bits per heavy atom. The number of hydrogen-bond acceptors (Lipinski definition) is 5. The summed E-state index contributed by atoms with van der Waals surface area (Å²) >= 11 is 0. The summed E-state index contributed by atoms with van der Waals surface area (Å²) in [6.45, 7) is 8.51. The largest absolute Gasteiger partial charge is 0.354 e. The quantitative estimate of drug-likeness (QED) is 0.697. The highest BCUT2D eigenvalue weighted by atomic mass is 16.1. The predicted octanol–water partition coefficient (Wildman–Crippen LogP) is 2.22. The van der Waals surface area contributed by atoms with Crippen molar-refractivity contribution in [3.05, 3.63) is 58.7 Å². The predicted molar refractivity (Wildman–Crippen MR) is 104 cm³/mol. The fraction of sp³-hybridized carbons (Fsp3) is 0.400. The minimum Gasteiger partial charge on any atom is -0.354 e. The number of fused-ring (bicyclic) bond motifs is 1. The zero-order valence-electron chi connectivity index (χ0n) is 16.2. The first-order chi connectivity index (χ1) is 12.8. The standard InChI is InChI=1S/C20H26N6O/c1-12(2)15-5-7-16(8-6-15)17(21)11-22-19(27)10-18-24-20-23-13(3)9-14(4)26(20)25-18/h5-9,12,17H,10-11,21H2,1-4H3,(H,22,27). The van der Waals surface area contributed by atoms with Crippen LogP contribution in [0.25, 0.3) is 5.78 Å². The maximum absolute atomic E-state index is 12.2. The van der Waals surface area contributed by atoms with Crippen LogP contribution in [0, 0.1) is 13.8 Å². The Bertz CT molecular complexity index is 945. The highest BCUT2D eigenvalue weighted by molar-refractivity contribution is 5.77. The van der Waals surface area contributed by atoms with Crippen LogP contribution in [0.1, 0.15) is 54.1 Å². The summed E-state index contributed by atoms with van der Waals surface area (Å²) in [5.41, 5.74) is 10.3. The molecule has 0 fully saturated rings. The summed E-state index contributed by atoms with van der Waals surface area (Å²) in [6, 6.07) is 9.88. The van der Waals surface area contributed by atoms with Crippen molar-refractivity contribution in [1.82, 2.24) is 24.9 Å². The van der Waals surface area contributed by atoms with Crippen LogP contribution in [0.15, 0.2) is 30.3 Å². The van der Waals surface area contributed by atoms with E-state index in [4.69, 9.17) is 5.73 Å². The maximum Gasteiger partial charge on any atom is 0.252 e. The molecule has 7 nitrogen and oxygen atoms in total. The number of nitrogens with zero attached hydrogens (tertiary/aromatic N) is 4. The summed E-state index contributed by atoms with van der Waals surface area (Å²) < 4.78 is 1.65. The number of benzene rings is 1. The molecule has 3 N–H and O–H groups in total. The van der Waals surface area contributed by atoms with Gasteiger partial charge in [0.05, 0.1) is 6.42 Å². The maximum atomic E-state index is 12.2. The van der Waals surface area contributed by atoms with E-state index in [-0.39, 0.29) is 18.4 Å². The van der Waals surface area contributed by atoms with Gasteiger partial charge in [0.25, 0.3) is 5.78 Å². The third kappa shape index (κ3) is 4.49. The van der Waals surface area contributed by atoms with E-state index in [1.165, 1.54) is 5.56 Å². The van der Waals surface area contributed by atoms with Gasteiger partial charge in [0.15, 0.2) is 5.82 Å². The van der Waals surface area contributed by atoms with E-state index in [2.05, 4.69) is 46.4 Å². The van der Waals surface area contributed by atoms with Gasteiger partial charge in [-0.05, 0) is 37.0 Å². The van der Waals surface area contributed by atoms with Crippen LogP contribution in [0.4, 0.5) is 0 Å². The molecule has 1 aromatic carbocycles. The molecule has 0 aliphatic heterocycles. The van der Waals surface area contributed by atoms with Crippen molar-refractivity contribution < 1.29 is 4.79 Å². The number of nitrogens with one attached hydrogen (secondary N) is 1. The molecule has 3 rings (SSSR count). The Kier molecular flexibility index (Phi) is 5.51. The summed E-state index contributed by atoms with van der Waals surface area (Å²) in [7, 11) is 0. The van der Waals surface area contributed by atoms with Gasteiger partial charge in [0.2, 0.25) is 5.91 Å². The minimum atomic E-state index is -0.254. The molecule has 0 radical (unpaired) electrons. The van der Waals surface area contributed by atoms with Crippen molar-refractivity contribution in [3.63, 3.8) is 0 Å². The van der Waals surface area contributed by atoms with E-state index in [0.29, 0.717) is 24.1 Å². The van der Waals surface area contributed by atoms with E-state index in [1.807, 2.05) is 32.0 Å². The summed E-state index contributed by atoms with van der Waals surface area (Å²) in [5, 5.41) is 7.22. The third-order valence-corrected chi connectivity index (χ3v) is 4.53. The van der Waals surface area contributed by atoms with Gasteiger partial charge in [0.1, 0.15) is 0 Å². The van der Waals surface area contributed by atoms with E-state index >= 15 is 0 Å². The lowest BCUT2D eigenvalue weighted by molar-refractivity contribution is -0.120. The summed E-state index contributed by atoms with van der Waals surface area (Å²) in [6.07, 6.45) is 0.0981. The van der Waals surface area contributed by atoms with Crippen LogP contribution in [-0.4, -0.2) is 32.0 Å². The molecule has 0 spiro atoms. The van der Waals surface area contributed by atoms with Crippen LogP contribution >= 0.6 is 0 Å². The Balaban J connectivity index is 1.58. The molecular weight excluding hydrogens is 340 g/mol. The molecule has 1 unspecified atom stereocenters. The van der Waals surface area contributed by atoms with Crippen LogP contribution in [0.2, 0.25) is 0 Å². The van der Waals surface area contributed by atoms with E-state index in [1.54, 1.807) is 4.52 Å². The molecule has 142 valence electrons. The smallest absolute Gasteiger partial charge is 0.252 e. The molecule has 0 aliphatic carbocycles. The van der Waals surface area contributed by atoms with Gasteiger partial charge in [-0.1, -0.05) is 38.1 Å². The number of amides is 1. The second kappa shape index (κ2) is 7.84. The first kappa shape index (κ1) is 19.0. The van der Waals surface area contributed by atoms with Crippen LogP contribution in [0.3, 0.4) is 0 Å². The number of aromatic nitrogens is 4. The zero-order chi connectivity index (χ0) is 19.6. The molecule has 0 aliphatic rings. The monoisotopic (exact) mass is 366 g/mol. The average Bonchev–Trinajstić information content (AvgIpc) is 3.02. The van der Waals surface area contributed by atoms with Gasteiger partial charge in [-0.2, -0.15) is 4.98 Å². The molecule has 0 bridgehead atoms. The molecule has 2 heterocycles. The molecule has 7 heteroatoms. The van der Waals surface area contributed by atoms with Crippen LogP contribution < -0.4 is 11.1 Å². The molecule has 2 aromatic heterocycles. The van der Waals surface area contributed by atoms with Crippen molar-refractivity contribution >= 4 is 11.7 Å². The number of hydrogen-bond donors (Lipinski definition) is 2.